The van der Waals surface area contributed by atoms with E-state index < -0.39 is 6.10 Å². The number of nitrogens with one attached hydrogen (secondary N) is 1. The molecular weight excluding hydrogens is 202 g/mol. The average molecular weight is 221 g/mol. The van der Waals surface area contributed by atoms with Crippen LogP contribution < -0.4 is 5.32 Å². The Bertz CT molecular complexity index is 296. The van der Waals surface area contributed by atoms with Crippen molar-refractivity contribution >= 4 is 0 Å². The molecule has 0 spiro atoms. The van der Waals surface area contributed by atoms with Crippen molar-refractivity contribution in [3.05, 3.63) is 35.9 Å². The van der Waals surface area contributed by atoms with E-state index in [4.69, 9.17) is 4.74 Å². The minimum atomic E-state index is -0.428. The van der Waals surface area contributed by atoms with Crippen molar-refractivity contribution in [2.24, 2.45) is 0 Å². The van der Waals surface area contributed by atoms with E-state index in [0.717, 1.165) is 31.6 Å². The summed E-state index contributed by atoms with van der Waals surface area (Å²) in [6.45, 7) is 2.24. The second-order valence-corrected chi connectivity index (χ2v) is 4.25. The van der Waals surface area contributed by atoms with Crippen LogP contribution in [0.3, 0.4) is 0 Å². The second-order valence-electron chi connectivity index (χ2n) is 4.25. The van der Waals surface area contributed by atoms with Gasteiger partial charge in [0, 0.05) is 19.2 Å². The van der Waals surface area contributed by atoms with Gasteiger partial charge in [-0.3, -0.25) is 0 Å². The third kappa shape index (κ3) is 3.30. The van der Waals surface area contributed by atoms with Crippen molar-refractivity contribution in [3.8, 4) is 0 Å². The lowest BCUT2D eigenvalue weighted by atomic mass is 10.1. The molecule has 3 nitrogen and oxygen atoms in total. The summed E-state index contributed by atoms with van der Waals surface area (Å²) in [5.41, 5.74) is 0.965. The maximum atomic E-state index is 9.95. The molecule has 0 saturated carbocycles. The second kappa shape index (κ2) is 5.99. The van der Waals surface area contributed by atoms with E-state index in [-0.39, 0.29) is 0 Å². The summed E-state index contributed by atoms with van der Waals surface area (Å²) in [5.74, 6) is 0. The van der Waals surface area contributed by atoms with Crippen molar-refractivity contribution in [3.63, 3.8) is 0 Å². The Morgan fingerprint density at radius 2 is 2.19 bits per heavy atom. The summed E-state index contributed by atoms with van der Waals surface area (Å²) in [7, 11) is 0. The first-order valence-corrected chi connectivity index (χ1v) is 5.90. The molecule has 0 radical (unpaired) electrons. The lowest BCUT2D eigenvalue weighted by Gasteiger charge is -2.24. The Kier molecular flexibility index (Phi) is 4.34. The van der Waals surface area contributed by atoms with Gasteiger partial charge in [0.15, 0.2) is 0 Å². The van der Waals surface area contributed by atoms with Crippen LogP contribution in [-0.2, 0) is 4.74 Å². The van der Waals surface area contributed by atoms with Crippen LogP contribution in [0.1, 0.15) is 24.5 Å². The van der Waals surface area contributed by atoms with Gasteiger partial charge in [0.25, 0.3) is 0 Å². The highest BCUT2D eigenvalue weighted by atomic mass is 16.5. The number of rotatable bonds is 4. The van der Waals surface area contributed by atoms with Crippen molar-refractivity contribution < 1.29 is 9.84 Å². The largest absolute Gasteiger partial charge is 0.387 e. The molecular formula is C13H19NO2. The fourth-order valence-electron chi connectivity index (χ4n) is 1.97. The van der Waals surface area contributed by atoms with Gasteiger partial charge in [-0.1, -0.05) is 30.3 Å². The summed E-state index contributed by atoms with van der Waals surface area (Å²) in [5, 5.41) is 13.3. The Morgan fingerprint density at radius 3 is 2.88 bits per heavy atom. The molecule has 0 bridgehead atoms. The minimum absolute atomic E-state index is 0.395. The summed E-state index contributed by atoms with van der Waals surface area (Å²) in [6.07, 6.45) is 1.82. The van der Waals surface area contributed by atoms with Gasteiger partial charge in [0.2, 0.25) is 0 Å². The van der Waals surface area contributed by atoms with Gasteiger partial charge in [0.1, 0.15) is 0 Å². The van der Waals surface area contributed by atoms with E-state index in [0.29, 0.717) is 12.6 Å². The Labute approximate surface area is 96.4 Å². The smallest absolute Gasteiger partial charge is 0.0914 e. The molecule has 0 aromatic heterocycles. The number of hydrogen-bond acceptors (Lipinski definition) is 3. The molecule has 16 heavy (non-hydrogen) atoms. The zero-order chi connectivity index (χ0) is 11.2. The van der Waals surface area contributed by atoms with Gasteiger partial charge in [-0.2, -0.15) is 0 Å². The van der Waals surface area contributed by atoms with E-state index in [1.807, 2.05) is 30.3 Å². The SMILES string of the molecule is OC(CNC1CCCOC1)c1ccccc1. The molecule has 1 fully saturated rings. The molecule has 2 rings (SSSR count). The molecule has 2 atom stereocenters. The first-order chi connectivity index (χ1) is 7.86. The van der Waals surface area contributed by atoms with Gasteiger partial charge in [-0.15, -0.1) is 0 Å². The maximum Gasteiger partial charge on any atom is 0.0914 e. The highest BCUT2D eigenvalue weighted by Crippen LogP contribution is 2.12. The maximum absolute atomic E-state index is 9.95. The van der Waals surface area contributed by atoms with Crippen LogP contribution in [0.2, 0.25) is 0 Å². The number of hydrogen-bond donors (Lipinski definition) is 2. The Hall–Kier alpha value is -0.900. The number of benzene rings is 1. The predicted molar refractivity (Wildman–Crippen MR) is 63.2 cm³/mol. The zero-order valence-electron chi connectivity index (χ0n) is 9.43. The van der Waals surface area contributed by atoms with Crippen LogP contribution in [-0.4, -0.2) is 30.9 Å². The standard InChI is InChI=1S/C13H19NO2/c15-13(11-5-2-1-3-6-11)9-14-12-7-4-8-16-10-12/h1-3,5-6,12-15H,4,7-10H2. The molecule has 2 N–H and O–H groups in total. The molecule has 2 unspecified atom stereocenters. The summed E-state index contributed by atoms with van der Waals surface area (Å²) >= 11 is 0. The van der Waals surface area contributed by atoms with E-state index >= 15 is 0 Å². The lowest BCUT2D eigenvalue weighted by molar-refractivity contribution is 0.0639. The molecule has 1 aromatic carbocycles. The molecule has 0 aliphatic carbocycles. The highest BCUT2D eigenvalue weighted by Gasteiger charge is 2.15. The van der Waals surface area contributed by atoms with Gasteiger partial charge in [-0.05, 0) is 18.4 Å². The van der Waals surface area contributed by atoms with E-state index in [1.54, 1.807) is 0 Å². The zero-order valence-corrected chi connectivity index (χ0v) is 9.43. The van der Waals surface area contributed by atoms with Crippen LogP contribution in [0.4, 0.5) is 0 Å². The van der Waals surface area contributed by atoms with Crippen LogP contribution in [0.5, 0.6) is 0 Å². The van der Waals surface area contributed by atoms with Crippen molar-refractivity contribution in [1.82, 2.24) is 5.32 Å². The molecule has 1 aliphatic heterocycles. The van der Waals surface area contributed by atoms with E-state index in [2.05, 4.69) is 5.32 Å². The van der Waals surface area contributed by atoms with Crippen LogP contribution >= 0.6 is 0 Å². The first-order valence-electron chi connectivity index (χ1n) is 5.90. The summed E-state index contributed by atoms with van der Waals surface area (Å²) < 4.78 is 5.38. The number of aliphatic hydroxyl groups is 1. The van der Waals surface area contributed by atoms with Crippen molar-refractivity contribution in [2.75, 3.05) is 19.8 Å². The fraction of sp³-hybridized carbons (Fsp3) is 0.538. The van der Waals surface area contributed by atoms with Gasteiger partial charge < -0.3 is 15.2 Å². The highest BCUT2D eigenvalue weighted by molar-refractivity contribution is 5.17. The number of ether oxygens (including phenoxy) is 1. The third-order valence-corrected chi connectivity index (χ3v) is 2.94. The Balaban J connectivity index is 1.77. The quantitative estimate of drug-likeness (QED) is 0.809. The molecule has 1 aromatic rings. The molecule has 1 heterocycles. The topological polar surface area (TPSA) is 41.5 Å². The van der Waals surface area contributed by atoms with Crippen LogP contribution in [0, 0.1) is 0 Å². The molecule has 0 amide bonds. The minimum Gasteiger partial charge on any atom is -0.387 e. The molecule has 3 heteroatoms. The molecule has 1 saturated heterocycles. The van der Waals surface area contributed by atoms with E-state index in [1.165, 1.54) is 0 Å². The number of aliphatic hydroxyl groups excluding tert-OH is 1. The van der Waals surface area contributed by atoms with Gasteiger partial charge >= 0.3 is 0 Å². The summed E-state index contributed by atoms with van der Waals surface area (Å²) in [6, 6.07) is 10.1. The van der Waals surface area contributed by atoms with Crippen LogP contribution in [0.15, 0.2) is 30.3 Å². The van der Waals surface area contributed by atoms with Crippen LogP contribution in [0.25, 0.3) is 0 Å². The predicted octanol–water partition coefficient (Wildman–Crippen LogP) is 1.49. The normalized spacial score (nSPS) is 22.9. The average Bonchev–Trinajstić information content (AvgIpc) is 2.38. The van der Waals surface area contributed by atoms with Crippen molar-refractivity contribution in [1.29, 1.82) is 0 Å². The van der Waals surface area contributed by atoms with Gasteiger partial charge in [-0.25, -0.2) is 0 Å². The summed E-state index contributed by atoms with van der Waals surface area (Å²) in [4.78, 5) is 0. The first kappa shape index (κ1) is 11.6. The van der Waals surface area contributed by atoms with Gasteiger partial charge in [0.05, 0.1) is 12.7 Å². The fourth-order valence-corrected chi connectivity index (χ4v) is 1.97. The Morgan fingerprint density at radius 1 is 1.38 bits per heavy atom. The monoisotopic (exact) mass is 221 g/mol. The lowest BCUT2D eigenvalue weighted by Crippen LogP contribution is -2.38. The van der Waals surface area contributed by atoms with E-state index in [9.17, 15) is 5.11 Å². The third-order valence-electron chi connectivity index (χ3n) is 2.94. The molecule has 1 aliphatic rings. The molecule has 88 valence electrons. The van der Waals surface area contributed by atoms with Crippen molar-refractivity contribution in [2.45, 2.75) is 25.0 Å².